The number of ether oxygens (including phenoxy) is 2. The van der Waals surface area contributed by atoms with E-state index in [9.17, 15) is 27.6 Å². The second-order valence-corrected chi connectivity index (χ2v) is 5.45. The van der Waals surface area contributed by atoms with Crippen LogP contribution in [0, 0.1) is 0 Å². The average molecular weight is 373 g/mol. The Morgan fingerprint density at radius 3 is 2.32 bits per heavy atom. The summed E-state index contributed by atoms with van der Waals surface area (Å²) < 4.78 is 44.4. The second kappa shape index (κ2) is 7.79. The summed E-state index contributed by atoms with van der Waals surface area (Å²) in [4.78, 5) is 35.2. The van der Waals surface area contributed by atoms with Crippen molar-refractivity contribution in [3.05, 3.63) is 52.2 Å². The van der Waals surface area contributed by atoms with E-state index in [-0.39, 0.29) is 5.56 Å². The van der Waals surface area contributed by atoms with E-state index in [2.05, 4.69) is 9.47 Å². The summed E-state index contributed by atoms with van der Waals surface area (Å²) in [6.45, 7) is -0.712. The Kier molecular flexibility index (Phi) is 5.75. The van der Waals surface area contributed by atoms with Crippen molar-refractivity contribution in [2.45, 2.75) is 6.36 Å². The van der Waals surface area contributed by atoms with Crippen LogP contribution in [0.1, 0.15) is 20.0 Å². The number of esters is 1. The molecule has 0 saturated heterocycles. The van der Waals surface area contributed by atoms with Gasteiger partial charge in [-0.2, -0.15) is 0 Å². The van der Waals surface area contributed by atoms with Gasteiger partial charge in [0.1, 0.15) is 5.75 Å². The summed E-state index contributed by atoms with van der Waals surface area (Å²) in [5.74, 6) is -2.88. The zero-order valence-electron chi connectivity index (χ0n) is 12.3. The zero-order chi connectivity index (χ0) is 18.4. The van der Waals surface area contributed by atoms with Crippen LogP contribution in [0.3, 0.4) is 0 Å². The minimum atomic E-state index is -4.84. The molecule has 0 radical (unpaired) electrons. The highest BCUT2D eigenvalue weighted by Gasteiger charge is 2.31. The second-order valence-electron chi connectivity index (χ2n) is 4.50. The molecule has 1 aromatic heterocycles. The largest absolute Gasteiger partial charge is 0.573 e. The molecule has 0 aliphatic rings. The van der Waals surface area contributed by atoms with E-state index in [0.717, 1.165) is 35.6 Å². The van der Waals surface area contributed by atoms with Gasteiger partial charge >= 0.3 is 12.3 Å². The summed E-state index contributed by atoms with van der Waals surface area (Å²) in [5, 5.41) is 3.69. The maximum absolute atomic E-state index is 12.0. The van der Waals surface area contributed by atoms with Crippen LogP contribution in [-0.2, 0) is 9.53 Å². The zero-order valence-corrected chi connectivity index (χ0v) is 13.1. The molecule has 25 heavy (non-hydrogen) atoms. The van der Waals surface area contributed by atoms with Gasteiger partial charge in [-0.25, -0.2) is 4.79 Å². The highest BCUT2D eigenvalue weighted by Crippen LogP contribution is 2.22. The third kappa shape index (κ3) is 5.92. The van der Waals surface area contributed by atoms with Crippen LogP contribution >= 0.6 is 11.3 Å². The summed E-state index contributed by atoms with van der Waals surface area (Å²) in [7, 11) is 0. The number of carbonyl (C=O) groups is 3. The maximum Gasteiger partial charge on any atom is 0.573 e. The first kappa shape index (κ1) is 18.5. The third-order valence-corrected chi connectivity index (χ3v) is 3.52. The van der Waals surface area contributed by atoms with Crippen molar-refractivity contribution in [1.29, 1.82) is 0 Å². The minimum Gasteiger partial charge on any atom is -0.452 e. The van der Waals surface area contributed by atoms with E-state index in [1.165, 1.54) is 6.07 Å². The average Bonchev–Trinajstić information content (AvgIpc) is 3.06. The van der Waals surface area contributed by atoms with Crippen molar-refractivity contribution in [2.75, 3.05) is 6.61 Å². The van der Waals surface area contributed by atoms with Gasteiger partial charge in [0.25, 0.3) is 11.8 Å². The quantitative estimate of drug-likeness (QED) is 0.815. The fraction of sp³-hybridized carbons (Fsp3) is 0.133. The smallest absolute Gasteiger partial charge is 0.452 e. The molecule has 0 atom stereocenters. The Balaban J connectivity index is 1.83. The predicted molar refractivity (Wildman–Crippen MR) is 80.2 cm³/mol. The molecule has 0 aliphatic carbocycles. The van der Waals surface area contributed by atoms with Gasteiger partial charge in [-0.1, -0.05) is 6.07 Å². The van der Waals surface area contributed by atoms with Crippen LogP contribution in [0.4, 0.5) is 13.2 Å². The van der Waals surface area contributed by atoms with E-state index < -0.39 is 36.5 Å². The number of thiophene rings is 1. The van der Waals surface area contributed by atoms with Crippen LogP contribution < -0.4 is 10.1 Å². The molecule has 0 bridgehead atoms. The number of alkyl halides is 3. The molecule has 2 amide bonds. The van der Waals surface area contributed by atoms with Gasteiger partial charge in [-0.3, -0.25) is 14.9 Å². The van der Waals surface area contributed by atoms with E-state index in [1.54, 1.807) is 11.4 Å². The number of nitrogens with one attached hydrogen (secondary N) is 1. The van der Waals surface area contributed by atoms with Gasteiger partial charge < -0.3 is 9.47 Å². The minimum absolute atomic E-state index is 0.0769. The first-order valence-corrected chi connectivity index (χ1v) is 7.53. The van der Waals surface area contributed by atoms with Crippen molar-refractivity contribution in [3.8, 4) is 5.75 Å². The molecule has 0 saturated carbocycles. The van der Waals surface area contributed by atoms with Crippen molar-refractivity contribution in [1.82, 2.24) is 5.32 Å². The van der Waals surface area contributed by atoms with Gasteiger partial charge in [0.05, 0.1) is 10.4 Å². The molecule has 1 N–H and O–H groups in total. The molecule has 0 aliphatic heterocycles. The molecule has 6 nitrogen and oxygen atoms in total. The lowest BCUT2D eigenvalue weighted by atomic mass is 10.2. The molecular weight excluding hydrogens is 363 g/mol. The van der Waals surface area contributed by atoms with Gasteiger partial charge in [0.2, 0.25) is 0 Å². The Hall–Kier alpha value is -2.88. The lowest BCUT2D eigenvalue weighted by Crippen LogP contribution is -2.33. The van der Waals surface area contributed by atoms with Gasteiger partial charge in [0, 0.05) is 0 Å². The number of halogens is 3. The monoisotopic (exact) mass is 373 g/mol. The van der Waals surface area contributed by atoms with Gasteiger partial charge in [0.15, 0.2) is 6.61 Å². The number of amides is 2. The maximum atomic E-state index is 12.0. The van der Waals surface area contributed by atoms with Crippen molar-refractivity contribution in [3.63, 3.8) is 0 Å². The van der Waals surface area contributed by atoms with Crippen LogP contribution in [0.15, 0.2) is 41.8 Å². The molecule has 1 aromatic carbocycles. The normalized spacial score (nSPS) is 10.8. The first-order valence-electron chi connectivity index (χ1n) is 6.65. The van der Waals surface area contributed by atoms with Crippen molar-refractivity contribution >= 4 is 29.1 Å². The summed E-state index contributed by atoms with van der Waals surface area (Å²) >= 11 is 1.14. The number of imide groups is 1. The van der Waals surface area contributed by atoms with Gasteiger partial charge in [-0.15, -0.1) is 24.5 Å². The number of benzene rings is 1. The number of hydrogen-bond acceptors (Lipinski definition) is 6. The lowest BCUT2D eigenvalue weighted by Gasteiger charge is -2.09. The van der Waals surface area contributed by atoms with Crippen LogP contribution in [0.2, 0.25) is 0 Å². The molecule has 10 heteroatoms. The molecule has 0 spiro atoms. The number of rotatable bonds is 5. The van der Waals surface area contributed by atoms with E-state index >= 15 is 0 Å². The molecule has 132 valence electrons. The summed E-state index contributed by atoms with van der Waals surface area (Å²) in [6, 6.07) is 7.13. The Bertz CT molecular complexity index is 756. The van der Waals surface area contributed by atoms with E-state index in [1.807, 2.05) is 5.32 Å². The fourth-order valence-corrected chi connectivity index (χ4v) is 2.26. The Labute approximate surface area is 143 Å². The summed E-state index contributed by atoms with van der Waals surface area (Å²) in [5.41, 5.74) is -0.0769. The number of hydrogen-bond donors (Lipinski definition) is 1. The highest BCUT2D eigenvalue weighted by molar-refractivity contribution is 7.12. The molecular formula is C15H10F3NO5S. The van der Waals surface area contributed by atoms with E-state index in [0.29, 0.717) is 4.88 Å². The van der Waals surface area contributed by atoms with Crippen LogP contribution in [-0.4, -0.2) is 30.8 Å². The van der Waals surface area contributed by atoms with Crippen LogP contribution in [0.25, 0.3) is 0 Å². The topological polar surface area (TPSA) is 81.7 Å². The van der Waals surface area contributed by atoms with Crippen molar-refractivity contribution in [2.24, 2.45) is 0 Å². The molecule has 1 heterocycles. The molecule has 2 aromatic rings. The highest BCUT2D eigenvalue weighted by atomic mass is 32.1. The van der Waals surface area contributed by atoms with Gasteiger partial charge in [-0.05, 0) is 35.7 Å². The predicted octanol–water partition coefficient (Wildman–Crippen LogP) is 2.76. The first-order chi connectivity index (χ1) is 11.7. The Morgan fingerprint density at radius 1 is 1.08 bits per heavy atom. The number of carbonyl (C=O) groups excluding carboxylic acids is 3. The van der Waals surface area contributed by atoms with E-state index in [4.69, 9.17) is 0 Å². The third-order valence-electron chi connectivity index (χ3n) is 2.66. The molecule has 2 rings (SSSR count). The standard InChI is InChI=1S/C15H10F3NO5S/c16-15(17,18)24-10-5-3-9(4-6-10)14(22)23-8-12(20)19-13(21)11-2-1-7-25-11/h1-7H,8H2,(H,19,20,21). The van der Waals surface area contributed by atoms with Crippen LogP contribution in [0.5, 0.6) is 5.75 Å². The SMILES string of the molecule is O=C(COC(=O)c1ccc(OC(F)(F)F)cc1)NC(=O)c1cccs1. The summed E-state index contributed by atoms with van der Waals surface area (Å²) in [6.07, 6.45) is -4.84. The Morgan fingerprint density at radius 2 is 1.76 bits per heavy atom. The lowest BCUT2D eigenvalue weighted by molar-refractivity contribution is -0.274. The molecule has 0 unspecified atom stereocenters. The van der Waals surface area contributed by atoms with Crippen molar-refractivity contribution < 1.29 is 37.0 Å². The molecule has 0 fully saturated rings. The fourth-order valence-electron chi connectivity index (χ4n) is 1.64.